The van der Waals surface area contributed by atoms with E-state index in [4.69, 9.17) is 5.73 Å². The summed E-state index contributed by atoms with van der Waals surface area (Å²) in [5.74, 6) is -0.924. The van der Waals surface area contributed by atoms with Gasteiger partial charge < -0.3 is 5.73 Å². The second kappa shape index (κ2) is 4.39. The highest BCUT2D eigenvalue weighted by atomic mass is 19.4. The van der Waals surface area contributed by atoms with Crippen molar-refractivity contribution < 1.29 is 26.3 Å². The van der Waals surface area contributed by atoms with Crippen LogP contribution in [0, 0.1) is 0 Å². The van der Waals surface area contributed by atoms with Crippen LogP contribution >= 0.6 is 0 Å². The van der Waals surface area contributed by atoms with Gasteiger partial charge in [-0.3, -0.25) is 0 Å². The highest BCUT2D eigenvalue weighted by Gasteiger charge is 2.34. The molecule has 10 heteroatoms. The predicted molar refractivity (Wildman–Crippen MR) is 55.8 cm³/mol. The third-order valence-electron chi connectivity index (χ3n) is 2.27. The van der Waals surface area contributed by atoms with E-state index < -0.39 is 35.2 Å². The lowest BCUT2D eigenvalue weighted by atomic mass is 10.2. The summed E-state index contributed by atoms with van der Waals surface area (Å²) in [7, 11) is 0. The van der Waals surface area contributed by atoms with E-state index in [-0.39, 0.29) is 0 Å². The van der Waals surface area contributed by atoms with E-state index in [0.717, 1.165) is 6.20 Å². The maximum Gasteiger partial charge on any atom is 0.435 e. The van der Waals surface area contributed by atoms with Gasteiger partial charge >= 0.3 is 12.4 Å². The van der Waals surface area contributed by atoms with Gasteiger partial charge in [-0.1, -0.05) is 0 Å². The van der Waals surface area contributed by atoms with Crippen LogP contribution in [-0.2, 0) is 12.4 Å². The molecule has 4 nitrogen and oxygen atoms in total. The highest BCUT2D eigenvalue weighted by Crippen LogP contribution is 2.32. The second-order valence-electron chi connectivity index (χ2n) is 3.78. The Morgan fingerprint density at radius 2 is 1.65 bits per heavy atom. The van der Waals surface area contributed by atoms with E-state index >= 15 is 0 Å². The van der Waals surface area contributed by atoms with E-state index in [9.17, 15) is 26.3 Å². The summed E-state index contributed by atoms with van der Waals surface area (Å²) in [4.78, 5) is 3.52. The summed E-state index contributed by atoms with van der Waals surface area (Å²) in [6.45, 7) is 0. The summed E-state index contributed by atoms with van der Waals surface area (Å²) in [5, 5.41) is 3.12. The highest BCUT2D eigenvalue weighted by molar-refractivity contribution is 5.41. The van der Waals surface area contributed by atoms with Crippen molar-refractivity contribution in [3.8, 4) is 5.82 Å². The minimum atomic E-state index is -4.70. The van der Waals surface area contributed by atoms with Gasteiger partial charge in [0.1, 0.15) is 5.82 Å². The quantitative estimate of drug-likeness (QED) is 0.823. The third kappa shape index (κ3) is 2.83. The Bertz CT molecular complexity index is 627. The Labute approximate surface area is 107 Å². The second-order valence-corrected chi connectivity index (χ2v) is 3.78. The lowest BCUT2D eigenvalue weighted by molar-refractivity contribution is -0.141. The molecule has 2 heterocycles. The van der Waals surface area contributed by atoms with E-state index in [0.29, 0.717) is 22.9 Å². The number of hydrogen-bond donors (Lipinski definition) is 1. The topological polar surface area (TPSA) is 56.7 Å². The molecular weight excluding hydrogens is 290 g/mol. The standard InChI is InChI=1S/C10H6F6N4/c11-9(12,13)5-3-7(17)18-8(4-5)20-2-1-6(19-20)10(14,15)16/h1-4H,(H2,17,18). The van der Waals surface area contributed by atoms with Gasteiger partial charge in [-0.25, -0.2) is 9.67 Å². The van der Waals surface area contributed by atoms with E-state index in [1.807, 2.05) is 0 Å². The van der Waals surface area contributed by atoms with E-state index in [1.54, 1.807) is 0 Å². The maximum absolute atomic E-state index is 12.6. The van der Waals surface area contributed by atoms with Gasteiger partial charge in [0.15, 0.2) is 11.5 Å². The largest absolute Gasteiger partial charge is 0.435 e. The first kappa shape index (κ1) is 14.2. The van der Waals surface area contributed by atoms with Crippen molar-refractivity contribution in [1.29, 1.82) is 0 Å². The molecule has 0 aliphatic heterocycles. The van der Waals surface area contributed by atoms with Gasteiger partial charge in [-0.15, -0.1) is 0 Å². The summed E-state index contributed by atoms with van der Waals surface area (Å²) < 4.78 is 75.4. The molecule has 0 atom stereocenters. The van der Waals surface area contributed by atoms with Crippen LogP contribution in [0.25, 0.3) is 5.82 Å². The molecule has 2 aromatic rings. The molecule has 0 saturated heterocycles. The number of anilines is 1. The van der Waals surface area contributed by atoms with Crippen molar-refractivity contribution in [3.05, 3.63) is 35.7 Å². The number of halogens is 6. The van der Waals surface area contributed by atoms with Crippen LogP contribution in [0.3, 0.4) is 0 Å². The number of nitrogens with two attached hydrogens (primary N) is 1. The lowest BCUT2D eigenvalue weighted by Crippen LogP contribution is -2.11. The zero-order valence-electron chi connectivity index (χ0n) is 9.50. The first-order chi connectivity index (χ1) is 9.07. The summed E-state index contributed by atoms with van der Waals surface area (Å²) in [5.41, 5.74) is 2.85. The molecule has 0 radical (unpaired) electrons. The number of nitrogen functional groups attached to an aromatic ring is 1. The van der Waals surface area contributed by atoms with Crippen molar-refractivity contribution in [1.82, 2.24) is 14.8 Å². The Balaban J connectivity index is 2.48. The summed E-state index contributed by atoms with van der Waals surface area (Å²) in [6.07, 6.45) is -8.53. The minimum Gasteiger partial charge on any atom is -0.384 e. The number of nitrogens with zero attached hydrogens (tertiary/aromatic N) is 3. The molecule has 0 bridgehead atoms. The molecular formula is C10H6F6N4. The Morgan fingerprint density at radius 1 is 1.00 bits per heavy atom. The van der Waals surface area contributed by atoms with Gasteiger partial charge in [0.2, 0.25) is 0 Å². The van der Waals surface area contributed by atoms with E-state index in [2.05, 4.69) is 10.1 Å². The molecule has 0 aromatic carbocycles. The summed E-state index contributed by atoms with van der Waals surface area (Å²) in [6, 6.07) is 1.76. The smallest absolute Gasteiger partial charge is 0.384 e. The average molecular weight is 296 g/mol. The molecule has 2 N–H and O–H groups in total. The number of rotatable bonds is 1. The van der Waals surface area contributed by atoms with Crippen LogP contribution in [0.1, 0.15) is 11.3 Å². The monoisotopic (exact) mass is 296 g/mol. The Kier molecular flexibility index (Phi) is 3.11. The van der Waals surface area contributed by atoms with Crippen molar-refractivity contribution in [2.45, 2.75) is 12.4 Å². The van der Waals surface area contributed by atoms with Gasteiger partial charge in [0.05, 0.1) is 5.56 Å². The molecule has 0 saturated carbocycles. The van der Waals surface area contributed by atoms with E-state index in [1.165, 1.54) is 0 Å². The van der Waals surface area contributed by atoms with Gasteiger partial charge in [-0.05, 0) is 18.2 Å². The molecule has 2 rings (SSSR count). The van der Waals surface area contributed by atoms with Gasteiger partial charge in [0, 0.05) is 6.20 Å². The normalized spacial score (nSPS) is 12.7. The molecule has 0 spiro atoms. The molecule has 20 heavy (non-hydrogen) atoms. The first-order valence-corrected chi connectivity index (χ1v) is 5.05. The Morgan fingerprint density at radius 3 is 2.15 bits per heavy atom. The predicted octanol–water partition coefficient (Wildman–Crippen LogP) is 2.89. The molecule has 0 fully saturated rings. The average Bonchev–Trinajstić information content (AvgIpc) is 2.75. The fraction of sp³-hybridized carbons (Fsp3) is 0.200. The zero-order chi connectivity index (χ0) is 15.1. The molecule has 0 amide bonds. The fourth-order valence-electron chi connectivity index (χ4n) is 1.42. The molecule has 0 aliphatic rings. The Hall–Kier alpha value is -2.26. The molecule has 2 aromatic heterocycles. The van der Waals surface area contributed by atoms with Crippen LogP contribution in [0.4, 0.5) is 32.2 Å². The van der Waals surface area contributed by atoms with Crippen LogP contribution in [-0.4, -0.2) is 14.8 Å². The fourth-order valence-corrected chi connectivity index (χ4v) is 1.42. The van der Waals surface area contributed by atoms with Crippen molar-refractivity contribution in [2.24, 2.45) is 0 Å². The summed E-state index contributed by atoms with van der Waals surface area (Å²) >= 11 is 0. The van der Waals surface area contributed by atoms with Crippen molar-refractivity contribution in [2.75, 3.05) is 5.73 Å². The number of pyridine rings is 1. The molecule has 0 unspecified atom stereocenters. The maximum atomic E-state index is 12.6. The third-order valence-corrected chi connectivity index (χ3v) is 2.27. The zero-order valence-corrected chi connectivity index (χ0v) is 9.50. The number of alkyl halides is 6. The van der Waals surface area contributed by atoms with Crippen LogP contribution in [0.15, 0.2) is 24.4 Å². The lowest BCUT2D eigenvalue weighted by Gasteiger charge is -2.09. The van der Waals surface area contributed by atoms with Crippen LogP contribution < -0.4 is 5.73 Å². The van der Waals surface area contributed by atoms with Crippen molar-refractivity contribution in [3.63, 3.8) is 0 Å². The van der Waals surface area contributed by atoms with Crippen LogP contribution in [0.5, 0.6) is 0 Å². The van der Waals surface area contributed by atoms with Gasteiger partial charge in [-0.2, -0.15) is 31.4 Å². The SMILES string of the molecule is Nc1cc(C(F)(F)F)cc(-n2ccc(C(F)(F)F)n2)n1. The molecule has 0 aliphatic carbocycles. The number of aromatic nitrogens is 3. The van der Waals surface area contributed by atoms with Crippen molar-refractivity contribution >= 4 is 5.82 Å². The number of hydrogen-bond acceptors (Lipinski definition) is 3. The van der Waals surface area contributed by atoms with Crippen LogP contribution in [0.2, 0.25) is 0 Å². The minimum absolute atomic E-state index is 0.451. The first-order valence-electron chi connectivity index (χ1n) is 5.05. The molecule has 108 valence electrons. The van der Waals surface area contributed by atoms with Gasteiger partial charge in [0.25, 0.3) is 0 Å².